The number of amides is 1. The van der Waals surface area contributed by atoms with Crippen molar-refractivity contribution in [3.8, 4) is 0 Å². The first-order chi connectivity index (χ1) is 15.1. The molecule has 0 saturated carbocycles. The van der Waals surface area contributed by atoms with Gasteiger partial charge in [0.2, 0.25) is 5.91 Å². The van der Waals surface area contributed by atoms with Crippen LogP contribution in [0.15, 0.2) is 66.1 Å². The first kappa shape index (κ1) is 24.6. The minimum Gasteiger partial charge on any atom is -0.337 e. The summed E-state index contributed by atoms with van der Waals surface area (Å²) in [5.74, 6) is 0.811. The van der Waals surface area contributed by atoms with Crippen LogP contribution < -0.4 is 4.90 Å². The molecule has 0 N–H and O–H groups in total. The molecule has 0 aliphatic carbocycles. The molecule has 0 saturated heterocycles. The highest BCUT2D eigenvalue weighted by Crippen LogP contribution is 2.30. The van der Waals surface area contributed by atoms with E-state index in [2.05, 4.69) is 24.0 Å². The van der Waals surface area contributed by atoms with Crippen LogP contribution in [0.2, 0.25) is 5.02 Å². The maximum atomic E-state index is 13.2. The van der Waals surface area contributed by atoms with Gasteiger partial charge >= 0.3 is 0 Å². The van der Waals surface area contributed by atoms with Crippen LogP contribution in [0.4, 0.5) is 5.13 Å². The molecule has 0 unspecified atom stereocenters. The maximum Gasteiger partial charge on any atom is 0.229 e. The average Bonchev–Trinajstić information content (AvgIpc) is 3.42. The highest BCUT2D eigenvalue weighted by atomic mass is 35.5. The number of thiazole rings is 1. The Morgan fingerprint density at radius 2 is 2.03 bits per heavy atom. The fourth-order valence-corrected chi connectivity index (χ4v) is 5.29. The predicted octanol–water partition coefficient (Wildman–Crippen LogP) is 6.48. The van der Waals surface area contributed by atoms with Gasteiger partial charge in [0.15, 0.2) is 5.13 Å². The number of benzene rings is 2. The van der Waals surface area contributed by atoms with Crippen molar-refractivity contribution < 1.29 is 4.79 Å². The zero-order valence-corrected chi connectivity index (χ0v) is 20.8. The standard InChI is InChI=1S/C23H23ClN4OS2.ClH/c1-17-3-8-20-21(15-17)31-23(26-20)28(12-2-11-27-13-10-25-16-27)22(29)9-14-30-19-6-4-18(24)5-7-19;/h3-8,10,13,15-16H,2,9,11-12,14H2,1H3;1H. The molecular formula is C23H24Cl2N4OS2. The van der Waals surface area contributed by atoms with Gasteiger partial charge in [-0.15, -0.1) is 24.2 Å². The van der Waals surface area contributed by atoms with Crippen molar-refractivity contribution in [2.75, 3.05) is 17.2 Å². The minimum absolute atomic E-state index is 0. The molecule has 0 spiro atoms. The Hall–Kier alpha value is -2.06. The molecule has 4 aromatic rings. The normalized spacial score (nSPS) is 10.8. The van der Waals surface area contributed by atoms with Crippen LogP contribution in [0.1, 0.15) is 18.4 Å². The van der Waals surface area contributed by atoms with Gasteiger partial charge in [-0.1, -0.05) is 29.0 Å². The number of aryl methyl sites for hydroxylation is 2. The summed E-state index contributed by atoms with van der Waals surface area (Å²) in [4.78, 5) is 25.0. The zero-order chi connectivity index (χ0) is 21.6. The van der Waals surface area contributed by atoms with Gasteiger partial charge in [-0.25, -0.2) is 9.97 Å². The van der Waals surface area contributed by atoms with E-state index in [1.165, 1.54) is 5.56 Å². The molecule has 32 heavy (non-hydrogen) atoms. The van der Waals surface area contributed by atoms with E-state index in [1.807, 2.05) is 46.0 Å². The topological polar surface area (TPSA) is 51.0 Å². The Morgan fingerprint density at radius 3 is 2.78 bits per heavy atom. The number of nitrogens with zero attached hydrogens (tertiary/aromatic N) is 4. The number of halogens is 2. The second-order valence-corrected chi connectivity index (χ2v) is 9.83. The van der Waals surface area contributed by atoms with Gasteiger partial charge in [0, 0.05) is 47.6 Å². The summed E-state index contributed by atoms with van der Waals surface area (Å²) >= 11 is 9.20. The molecular weight excluding hydrogens is 483 g/mol. The highest BCUT2D eigenvalue weighted by Gasteiger charge is 2.19. The van der Waals surface area contributed by atoms with Crippen LogP contribution >= 0.6 is 47.1 Å². The van der Waals surface area contributed by atoms with Gasteiger partial charge in [0.25, 0.3) is 0 Å². The van der Waals surface area contributed by atoms with Gasteiger partial charge in [-0.2, -0.15) is 0 Å². The molecule has 0 fully saturated rings. The minimum atomic E-state index is 0. The second kappa shape index (κ2) is 11.7. The number of hydrogen-bond acceptors (Lipinski definition) is 5. The van der Waals surface area contributed by atoms with Crippen molar-refractivity contribution >= 4 is 68.4 Å². The Kier molecular flexibility index (Phi) is 8.99. The number of aromatic nitrogens is 3. The Balaban J connectivity index is 0.00000289. The van der Waals surface area contributed by atoms with Crippen LogP contribution in [0.5, 0.6) is 0 Å². The van der Waals surface area contributed by atoms with Crippen LogP contribution in [0, 0.1) is 6.92 Å². The van der Waals surface area contributed by atoms with E-state index in [0.29, 0.717) is 18.7 Å². The molecule has 2 heterocycles. The molecule has 9 heteroatoms. The van der Waals surface area contributed by atoms with E-state index < -0.39 is 0 Å². The number of anilines is 1. The fraction of sp³-hybridized carbons (Fsp3) is 0.261. The monoisotopic (exact) mass is 506 g/mol. The number of thioether (sulfide) groups is 1. The van der Waals surface area contributed by atoms with Gasteiger partial charge in [-0.3, -0.25) is 9.69 Å². The first-order valence-electron chi connectivity index (χ1n) is 10.1. The molecule has 5 nitrogen and oxygen atoms in total. The van der Waals surface area contributed by atoms with Crippen LogP contribution in [0.25, 0.3) is 10.2 Å². The molecule has 168 valence electrons. The highest BCUT2D eigenvalue weighted by molar-refractivity contribution is 7.99. The van der Waals surface area contributed by atoms with Crippen LogP contribution in [-0.4, -0.2) is 32.7 Å². The summed E-state index contributed by atoms with van der Waals surface area (Å²) in [6.07, 6.45) is 6.80. The van der Waals surface area contributed by atoms with Crippen molar-refractivity contribution in [1.29, 1.82) is 0 Å². The molecule has 2 aromatic heterocycles. The summed E-state index contributed by atoms with van der Waals surface area (Å²) in [7, 11) is 0. The lowest BCUT2D eigenvalue weighted by Crippen LogP contribution is -2.32. The smallest absolute Gasteiger partial charge is 0.229 e. The first-order valence-corrected chi connectivity index (χ1v) is 12.3. The average molecular weight is 508 g/mol. The summed E-state index contributed by atoms with van der Waals surface area (Å²) in [6.45, 7) is 3.51. The summed E-state index contributed by atoms with van der Waals surface area (Å²) in [5.41, 5.74) is 2.13. The molecule has 0 radical (unpaired) electrons. The van der Waals surface area contributed by atoms with E-state index in [9.17, 15) is 4.79 Å². The molecule has 2 aromatic carbocycles. The summed E-state index contributed by atoms with van der Waals surface area (Å²) in [5, 5.41) is 1.49. The lowest BCUT2D eigenvalue weighted by molar-refractivity contribution is -0.118. The summed E-state index contributed by atoms with van der Waals surface area (Å²) < 4.78 is 3.14. The zero-order valence-electron chi connectivity index (χ0n) is 17.6. The lowest BCUT2D eigenvalue weighted by atomic mass is 10.2. The van der Waals surface area contributed by atoms with E-state index in [1.54, 1.807) is 35.6 Å². The Labute approximate surface area is 207 Å². The number of fused-ring (bicyclic) bond motifs is 1. The number of carbonyl (C=O) groups is 1. The quantitative estimate of drug-likeness (QED) is 0.243. The molecule has 1 amide bonds. The third-order valence-corrected chi connectivity index (χ3v) is 7.13. The third-order valence-electron chi connectivity index (χ3n) is 4.82. The molecule has 0 aliphatic heterocycles. The third kappa shape index (κ3) is 6.48. The SMILES string of the molecule is Cc1ccc2nc(N(CCCn3ccnc3)C(=O)CCSc3ccc(Cl)cc3)sc2c1.Cl. The second-order valence-electron chi connectivity index (χ2n) is 7.22. The van der Waals surface area contributed by atoms with Crippen molar-refractivity contribution in [3.05, 3.63) is 71.8 Å². The van der Waals surface area contributed by atoms with Gasteiger partial charge in [0.1, 0.15) is 0 Å². The van der Waals surface area contributed by atoms with Gasteiger partial charge in [0.05, 0.1) is 16.5 Å². The lowest BCUT2D eigenvalue weighted by Gasteiger charge is -2.20. The Morgan fingerprint density at radius 1 is 1.22 bits per heavy atom. The van der Waals surface area contributed by atoms with E-state index in [0.717, 1.165) is 38.2 Å². The number of rotatable bonds is 9. The van der Waals surface area contributed by atoms with Gasteiger partial charge in [-0.05, 0) is 55.3 Å². The van der Waals surface area contributed by atoms with Crippen LogP contribution in [-0.2, 0) is 11.3 Å². The predicted molar refractivity (Wildman–Crippen MR) is 138 cm³/mol. The van der Waals surface area contributed by atoms with E-state index in [4.69, 9.17) is 16.6 Å². The van der Waals surface area contributed by atoms with Crippen molar-refractivity contribution in [3.63, 3.8) is 0 Å². The summed E-state index contributed by atoms with van der Waals surface area (Å²) in [6, 6.07) is 13.9. The van der Waals surface area contributed by atoms with E-state index in [-0.39, 0.29) is 18.3 Å². The Bertz CT molecular complexity index is 1150. The largest absolute Gasteiger partial charge is 0.337 e. The molecule has 0 atom stereocenters. The van der Waals surface area contributed by atoms with E-state index >= 15 is 0 Å². The van der Waals surface area contributed by atoms with Crippen LogP contribution in [0.3, 0.4) is 0 Å². The molecule has 0 bridgehead atoms. The number of imidazole rings is 1. The van der Waals surface area contributed by atoms with Crippen molar-refractivity contribution in [1.82, 2.24) is 14.5 Å². The molecule has 4 rings (SSSR count). The maximum absolute atomic E-state index is 13.2. The molecule has 0 aliphatic rings. The number of hydrogen-bond donors (Lipinski definition) is 0. The van der Waals surface area contributed by atoms with Gasteiger partial charge < -0.3 is 4.57 Å². The van der Waals surface area contributed by atoms with Crippen molar-refractivity contribution in [2.45, 2.75) is 31.2 Å². The van der Waals surface area contributed by atoms with Crippen molar-refractivity contribution in [2.24, 2.45) is 0 Å². The fourth-order valence-electron chi connectivity index (χ4n) is 3.21. The number of carbonyl (C=O) groups excluding carboxylic acids is 1.